The summed E-state index contributed by atoms with van der Waals surface area (Å²) in [6.45, 7) is 1.21. The van der Waals surface area contributed by atoms with Gasteiger partial charge >= 0.3 is 0 Å². The molecule has 1 saturated heterocycles. The van der Waals surface area contributed by atoms with Gasteiger partial charge in [0.25, 0.3) is 0 Å². The molecule has 80 valence electrons. The SMILES string of the molecule is Nc1ccc2c(c1)N(C1CSC1)CCC2. The average Bonchev–Trinajstić information content (AvgIpc) is 2.16. The Kier molecular flexibility index (Phi) is 2.28. The first-order chi connectivity index (χ1) is 7.34. The fourth-order valence-corrected chi connectivity index (χ4v) is 3.21. The minimum atomic E-state index is 0.760. The average molecular weight is 220 g/mol. The Bertz CT molecular complexity index is 374. The Morgan fingerprint density at radius 1 is 1.33 bits per heavy atom. The molecule has 0 atom stereocenters. The smallest absolute Gasteiger partial charge is 0.0470 e. The molecule has 1 fully saturated rings. The van der Waals surface area contributed by atoms with Crippen LogP contribution in [0.3, 0.4) is 0 Å². The minimum absolute atomic E-state index is 0.760. The van der Waals surface area contributed by atoms with Gasteiger partial charge in [-0.05, 0) is 30.5 Å². The molecule has 2 nitrogen and oxygen atoms in total. The molecule has 2 N–H and O–H groups in total. The minimum Gasteiger partial charge on any atom is -0.399 e. The molecule has 3 heteroatoms. The van der Waals surface area contributed by atoms with Crippen molar-refractivity contribution in [3.8, 4) is 0 Å². The quantitative estimate of drug-likeness (QED) is 0.735. The molecule has 0 amide bonds. The lowest BCUT2D eigenvalue weighted by Crippen LogP contribution is -2.46. The normalized spacial score (nSPS) is 20.9. The van der Waals surface area contributed by atoms with Gasteiger partial charge in [0.05, 0.1) is 0 Å². The van der Waals surface area contributed by atoms with Crippen LogP contribution in [0.25, 0.3) is 0 Å². The van der Waals surface area contributed by atoms with Crippen LogP contribution in [-0.2, 0) is 6.42 Å². The van der Waals surface area contributed by atoms with E-state index in [2.05, 4.69) is 17.0 Å². The molecule has 0 aliphatic carbocycles. The van der Waals surface area contributed by atoms with E-state index in [4.69, 9.17) is 5.73 Å². The van der Waals surface area contributed by atoms with E-state index in [0.29, 0.717) is 0 Å². The Hall–Kier alpha value is -0.830. The van der Waals surface area contributed by atoms with Gasteiger partial charge in [-0.1, -0.05) is 6.07 Å². The van der Waals surface area contributed by atoms with Crippen LogP contribution in [0.15, 0.2) is 18.2 Å². The van der Waals surface area contributed by atoms with Crippen molar-refractivity contribution in [2.45, 2.75) is 18.9 Å². The molecule has 0 saturated carbocycles. The van der Waals surface area contributed by atoms with Crippen LogP contribution in [0, 0.1) is 0 Å². The van der Waals surface area contributed by atoms with Gasteiger partial charge in [-0.3, -0.25) is 0 Å². The highest BCUT2D eigenvalue weighted by molar-refractivity contribution is 8.00. The summed E-state index contributed by atoms with van der Waals surface area (Å²) in [7, 11) is 0. The third-order valence-electron chi connectivity index (χ3n) is 3.33. The fraction of sp³-hybridized carbons (Fsp3) is 0.500. The number of aryl methyl sites for hydroxylation is 1. The lowest BCUT2D eigenvalue weighted by atomic mass is 10.00. The molecule has 1 aromatic carbocycles. The first-order valence-corrected chi connectivity index (χ1v) is 6.73. The standard InChI is InChI=1S/C12H16N2S/c13-10-4-3-9-2-1-5-14(12(9)6-10)11-7-15-8-11/h3-4,6,11H,1-2,5,7-8,13H2. The predicted molar refractivity (Wildman–Crippen MR) is 67.6 cm³/mol. The zero-order valence-electron chi connectivity index (χ0n) is 8.78. The number of rotatable bonds is 1. The van der Waals surface area contributed by atoms with Crippen molar-refractivity contribution in [2.75, 3.05) is 28.7 Å². The van der Waals surface area contributed by atoms with E-state index in [1.807, 2.05) is 17.8 Å². The number of benzene rings is 1. The van der Waals surface area contributed by atoms with Crippen LogP contribution in [0.1, 0.15) is 12.0 Å². The summed E-state index contributed by atoms with van der Waals surface area (Å²) in [5.41, 5.74) is 9.64. The number of nitrogen functional groups attached to an aromatic ring is 1. The lowest BCUT2D eigenvalue weighted by molar-refractivity contribution is 0.621. The maximum absolute atomic E-state index is 5.87. The highest BCUT2D eigenvalue weighted by atomic mass is 32.2. The van der Waals surface area contributed by atoms with Gasteiger partial charge < -0.3 is 10.6 Å². The van der Waals surface area contributed by atoms with Crippen LogP contribution >= 0.6 is 11.8 Å². The summed E-state index contributed by atoms with van der Waals surface area (Å²) in [5, 5.41) is 0. The second-order valence-electron chi connectivity index (χ2n) is 4.38. The van der Waals surface area contributed by atoms with Gasteiger partial charge in [-0.2, -0.15) is 11.8 Å². The summed E-state index contributed by atoms with van der Waals surface area (Å²) in [6.07, 6.45) is 2.50. The fourth-order valence-electron chi connectivity index (χ4n) is 2.40. The second kappa shape index (κ2) is 3.63. The van der Waals surface area contributed by atoms with Crippen molar-refractivity contribution in [1.29, 1.82) is 0 Å². The molecule has 0 aromatic heterocycles. The molecular weight excluding hydrogens is 204 g/mol. The Morgan fingerprint density at radius 3 is 2.93 bits per heavy atom. The molecule has 0 unspecified atom stereocenters. The van der Waals surface area contributed by atoms with E-state index in [1.165, 1.54) is 42.1 Å². The van der Waals surface area contributed by atoms with E-state index in [-0.39, 0.29) is 0 Å². The van der Waals surface area contributed by atoms with Crippen LogP contribution in [0.4, 0.5) is 11.4 Å². The molecule has 0 radical (unpaired) electrons. The van der Waals surface area contributed by atoms with Crippen molar-refractivity contribution < 1.29 is 0 Å². The first-order valence-electron chi connectivity index (χ1n) is 5.57. The van der Waals surface area contributed by atoms with Crippen LogP contribution in [0.2, 0.25) is 0 Å². The summed E-state index contributed by atoms with van der Waals surface area (Å²) in [5.74, 6) is 2.57. The van der Waals surface area contributed by atoms with Crippen molar-refractivity contribution in [2.24, 2.45) is 0 Å². The Balaban J connectivity index is 1.96. The van der Waals surface area contributed by atoms with Gasteiger partial charge in [0.2, 0.25) is 0 Å². The Labute approximate surface area is 94.8 Å². The van der Waals surface area contributed by atoms with Gasteiger partial charge in [-0.25, -0.2) is 0 Å². The monoisotopic (exact) mass is 220 g/mol. The maximum atomic E-state index is 5.87. The summed E-state index contributed by atoms with van der Waals surface area (Å²) in [6, 6.07) is 7.13. The highest BCUT2D eigenvalue weighted by Crippen LogP contribution is 2.35. The van der Waals surface area contributed by atoms with E-state index in [9.17, 15) is 0 Å². The molecule has 15 heavy (non-hydrogen) atoms. The zero-order valence-corrected chi connectivity index (χ0v) is 9.59. The van der Waals surface area contributed by atoms with Crippen LogP contribution in [-0.4, -0.2) is 24.1 Å². The van der Waals surface area contributed by atoms with Crippen molar-refractivity contribution >= 4 is 23.1 Å². The number of hydrogen-bond acceptors (Lipinski definition) is 3. The molecular formula is C12H16N2S. The van der Waals surface area contributed by atoms with E-state index in [1.54, 1.807) is 0 Å². The Morgan fingerprint density at radius 2 is 2.20 bits per heavy atom. The van der Waals surface area contributed by atoms with Gasteiger partial charge in [0.15, 0.2) is 0 Å². The maximum Gasteiger partial charge on any atom is 0.0470 e. The second-order valence-corrected chi connectivity index (χ2v) is 5.45. The number of fused-ring (bicyclic) bond motifs is 1. The van der Waals surface area contributed by atoms with Crippen molar-refractivity contribution in [3.05, 3.63) is 23.8 Å². The third kappa shape index (κ3) is 1.59. The molecule has 3 rings (SSSR count). The van der Waals surface area contributed by atoms with Gasteiger partial charge in [-0.15, -0.1) is 0 Å². The molecule has 2 aliphatic heterocycles. The van der Waals surface area contributed by atoms with Crippen molar-refractivity contribution in [1.82, 2.24) is 0 Å². The lowest BCUT2D eigenvalue weighted by Gasteiger charge is -2.42. The largest absolute Gasteiger partial charge is 0.399 e. The summed E-state index contributed by atoms with van der Waals surface area (Å²) < 4.78 is 0. The molecule has 0 spiro atoms. The predicted octanol–water partition coefficient (Wildman–Crippen LogP) is 2.14. The molecule has 2 aliphatic rings. The van der Waals surface area contributed by atoms with Gasteiger partial charge in [0.1, 0.15) is 0 Å². The van der Waals surface area contributed by atoms with E-state index < -0.39 is 0 Å². The summed E-state index contributed by atoms with van der Waals surface area (Å²) in [4.78, 5) is 2.56. The third-order valence-corrected chi connectivity index (χ3v) is 4.57. The van der Waals surface area contributed by atoms with Crippen LogP contribution in [0.5, 0.6) is 0 Å². The van der Waals surface area contributed by atoms with Gasteiger partial charge in [0, 0.05) is 35.5 Å². The first kappa shape index (κ1) is 9.40. The molecule has 2 heterocycles. The number of nitrogens with zero attached hydrogens (tertiary/aromatic N) is 1. The zero-order chi connectivity index (χ0) is 10.3. The van der Waals surface area contributed by atoms with Crippen molar-refractivity contribution in [3.63, 3.8) is 0 Å². The van der Waals surface area contributed by atoms with E-state index >= 15 is 0 Å². The molecule has 1 aromatic rings. The number of hydrogen-bond donors (Lipinski definition) is 1. The number of anilines is 2. The number of nitrogens with two attached hydrogens (primary N) is 1. The molecule has 0 bridgehead atoms. The topological polar surface area (TPSA) is 29.3 Å². The van der Waals surface area contributed by atoms with Crippen LogP contribution < -0.4 is 10.6 Å². The van der Waals surface area contributed by atoms with E-state index in [0.717, 1.165) is 11.7 Å². The summed E-state index contributed by atoms with van der Waals surface area (Å²) >= 11 is 2.04. The highest BCUT2D eigenvalue weighted by Gasteiger charge is 2.28. The number of thioether (sulfide) groups is 1.